The maximum absolute atomic E-state index is 14.3. The zero-order valence-electron chi connectivity index (χ0n) is 22.8. The van der Waals surface area contributed by atoms with E-state index in [0.717, 1.165) is 27.6 Å². The summed E-state index contributed by atoms with van der Waals surface area (Å²) < 4.78 is 5.13. The summed E-state index contributed by atoms with van der Waals surface area (Å²) in [6.07, 6.45) is 2.37. The van der Waals surface area contributed by atoms with Gasteiger partial charge in [-0.25, -0.2) is 4.90 Å². The number of carbonyl (C=O) groups excluding carboxylic acids is 4. The van der Waals surface area contributed by atoms with Gasteiger partial charge >= 0.3 is 5.97 Å². The Balaban J connectivity index is 1.35. The Bertz CT molecular complexity index is 1790. The summed E-state index contributed by atoms with van der Waals surface area (Å²) in [6, 6.07) is 17.6. The largest absolute Gasteiger partial charge is 0.427 e. The number of aryl methyl sites for hydroxylation is 2. The fourth-order valence-corrected chi connectivity index (χ4v) is 7.05. The number of hydrogen-bond donors (Lipinski definition) is 3. The number of carbonyl (C=O) groups is 4. The molecule has 2 saturated heterocycles. The van der Waals surface area contributed by atoms with Gasteiger partial charge < -0.3 is 15.0 Å². The van der Waals surface area contributed by atoms with E-state index in [0.29, 0.717) is 29.1 Å². The van der Waals surface area contributed by atoms with Crippen molar-refractivity contribution in [1.82, 2.24) is 10.3 Å². The minimum atomic E-state index is -1.40. The third-order valence-corrected chi connectivity index (χ3v) is 8.64. The number of benzene rings is 3. The molecule has 9 nitrogen and oxygen atoms in total. The number of nitrogens with one attached hydrogen (secondary N) is 3. The monoisotopic (exact) mass is 548 g/mol. The van der Waals surface area contributed by atoms with Crippen LogP contribution in [0, 0.1) is 25.7 Å². The van der Waals surface area contributed by atoms with Crippen LogP contribution in [-0.4, -0.2) is 34.7 Å². The minimum Gasteiger partial charge on any atom is -0.427 e. The Morgan fingerprint density at radius 1 is 1.00 bits per heavy atom. The van der Waals surface area contributed by atoms with E-state index in [1.807, 2.05) is 56.4 Å². The molecule has 4 heterocycles. The average molecular weight is 549 g/mol. The number of amides is 3. The maximum Gasteiger partial charge on any atom is 0.308 e. The molecule has 0 aliphatic carbocycles. The quantitative estimate of drug-likeness (QED) is 0.202. The average Bonchev–Trinajstić information content (AvgIpc) is 3.64. The van der Waals surface area contributed by atoms with Gasteiger partial charge in [0.05, 0.1) is 17.5 Å². The van der Waals surface area contributed by atoms with E-state index in [9.17, 15) is 19.2 Å². The number of fused-ring (bicyclic) bond motifs is 5. The molecule has 3 N–H and O–H groups in total. The van der Waals surface area contributed by atoms with Crippen LogP contribution in [0.25, 0.3) is 10.9 Å². The summed E-state index contributed by atoms with van der Waals surface area (Å²) in [7, 11) is 0. The molecule has 9 heteroatoms. The van der Waals surface area contributed by atoms with E-state index >= 15 is 0 Å². The first kappa shape index (κ1) is 25.2. The smallest absolute Gasteiger partial charge is 0.308 e. The molecule has 0 saturated carbocycles. The highest BCUT2D eigenvalue weighted by atomic mass is 16.5. The molecule has 3 aliphatic rings. The van der Waals surface area contributed by atoms with Crippen molar-refractivity contribution in [2.24, 2.45) is 11.8 Å². The molecule has 3 aliphatic heterocycles. The number of aromatic nitrogens is 1. The van der Waals surface area contributed by atoms with Gasteiger partial charge in [-0.15, -0.1) is 0 Å². The molecule has 4 aromatic rings. The van der Waals surface area contributed by atoms with Crippen LogP contribution in [0.1, 0.15) is 29.2 Å². The number of hydrogen-bond acceptors (Lipinski definition) is 6. The zero-order valence-corrected chi connectivity index (χ0v) is 22.8. The van der Waals surface area contributed by atoms with E-state index in [1.54, 1.807) is 24.3 Å². The molecule has 0 unspecified atom stereocenters. The number of imide groups is 1. The van der Waals surface area contributed by atoms with Crippen molar-refractivity contribution in [3.63, 3.8) is 0 Å². The molecule has 3 aromatic carbocycles. The summed E-state index contributed by atoms with van der Waals surface area (Å²) in [5, 5.41) is 7.60. The van der Waals surface area contributed by atoms with Crippen molar-refractivity contribution in [1.29, 1.82) is 0 Å². The number of esters is 1. The van der Waals surface area contributed by atoms with Crippen LogP contribution in [-0.2, 0) is 31.1 Å². The molecule has 0 radical (unpaired) electrons. The van der Waals surface area contributed by atoms with Gasteiger partial charge in [0.25, 0.3) is 0 Å². The fraction of sp³-hybridized carbons (Fsp3) is 0.250. The lowest BCUT2D eigenvalue weighted by molar-refractivity contribution is -0.132. The number of anilines is 2. The second-order valence-electron chi connectivity index (χ2n) is 11.2. The van der Waals surface area contributed by atoms with Crippen LogP contribution in [0.5, 0.6) is 5.75 Å². The van der Waals surface area contributed by atoms with Crippen LogP contribution >= 0.6 is 0 Å². The van der Waals surface area contributed by atoms with Crippen LogP contribution in [0.2, 0.25) is 0 Å². The normalized spacial score (nSPS) is 24.7. The summed E-state index contributed by atoms with van der Waals surface area (Å²) in [6.45, 7) is 5.19. The van der Waals surface area contributed by atoms with Gasteiger partial charge in [-0.05, 0) is 61.7 Å². The lowest BCUT2D eigenvalue weighted by Crippen LogP contribution is -2.53. The number of ether oxygens (including phenoxy) is 1. The molecule has 41 heavy (non-hydrogen) atoms. The molecule has 1 spiro atoms. The first-order valence-corrected chi connectivity index (χ1v) is 13.6. The predicted octanol–water partition coefficient (Wildman–Crippen LogP) is 3.88. The van der Waals surface area contributed by atoms with Gasteiger partial charge in [0.1, 0.15) is 11.3 Å². The fourth-order valence-electron chi connectivity index (χ4n) is 7.05. The number of nitrogens with zero attached hydrogens (tertiary/aromatic N) is 1. The van der Waals surface area contributed by atoms with Crippen molar-refractivity contribution < 1.29 is 23.9 Å². The highest BCUT2D eigenvalue weighted by Crippen LogP contribution is 2.54. The third kappa shape index (κ3) is 3.58. The summed E-state index contributed by atoms with van der Waals surface area (Å²) >= 11 is 0. The van der Waals surface area contributed by atoms with Crippen LogP contribution in [0.3, 0.4) is 0 Å². The summed E-state index contributed by atoms with van der Waals surface area (Å²) in [4.78, 5) is 58.3. The molecular weight excluding hydrogens is 520 g/mol. The van der Waals surface area contributed by atoms with E-state index in [4.69, 9.17) is 4.74 Å². The Morgan fingerprint density at radius 2 is 1.76 bits per heavy atom. The van der Waals surface area contributed by atoms with Crippen molar-refractivity contribution in [2.75, 3.05) is 10.2 Å². The molecule has 3 amide bonds. The Hall–Kier alpha value is -4.76. The van der Waals surface area contributed by atoms with Crippen molar-refractivity contribution in [3.8, 4) is 5.75 Å². The predicted molar refractivity (Wildman–Crippen MR) is 152 cm³/mol. The minimum absolute atomic E-state index is 0.311. The van der Waals surface area contributed by atoms with Gasteiger partial charge in [0, 0.05) is 41.3 Å². The van der Waals surface area contributed by atoms with Gasteiger partial charge in [0.2, 0.25) is 17.7 Å². The summed E-state index contributed by atoms with van der Waals surface area (Å²) in [5.74, 6) is -3.00. The Labute approximate surface area is 235 Å². The topological polar surface area (TPSA) is 121 Å². The second-order valence-corrected chi connectivity index (χ2v) is 11.2. The standard InChI is InChI=1S/C32H28N4O5/c1-16-12-17(2)28-23(13-16)32(31(40)34-28)27-26(25(35-32)14-19-15-33-24-7-5-4-6-22(19)24)29(38)36(30(27)39)20-8-10-21(11-9-20)41-18(3)37/h4-13,15,25-27,33,35H,14H2,1-3H3,(H,34,40)/t25-,26+,27-,32+/m0/s1. The van der Waals surface area contributed by atoms with Crippen LogP contribution in [0.15, 0.2) is 66.9 Å². The van der Waals surface area contributed by atoms with Gasteiger partial charge in [-0.1, -0.05) is 35.9 Å². The maximum atomic E-state index is 14.3. The lowest BCUT2D eigenvalue weighted by atomic mass is 9.75. The van der Waals surface area contributed by atoms with E-state index in [1.165, 1.54) is 11.8 Å². The van der Waals surface area contributed by atoms with Gasteiger partial charge in [-0.2, -0.15) is 0 Å². The molecule has 1 aromatic heterocycles. The van der Waals surface area contributed by atoms with Gasteiger partial charge in [0.15, 0.2) is 0 Å². The number of H-pyrrole nitrogens is 1. The van der Waals surface area contributed by atoms with E-state index in [2.05, 4.69) is 15.6 Å². The first-order valence-electron chi connectivity index (χ1n) is 13.6. The first-order chi connectivity index (χ1) is 19.7. The van der Waals surface area contributed by atoms with E-state index in [-0.39, 0.29) is 11.8 Å². The number of rotatable bonds is 4. The highest BCUT2D eigenvalue weighted by Gasteiger charge is 2.70. The molecule has 206 valence electrons. The zero-order chi connectivity index (χ0) is 28.6. The van der Waals surface area contributed by atoms with Crippen LogP contribution < -0.4 is 20.3 Å². The summed E-state index contributed by atoms with van der Waals surface area (Å²) in [5.41, 5.74) is 4.19. The Morgan fingerprint density at radius 3 is 2.51 bits per heavy atom. The Kier molecular flexibility index (Phi) is 5.46. The molecule has 7 rings (SSSR count). The molecule has 4 atom stereocenters. The highest BCUT2D eigenvalue weighted by molar-refractivity contribution is 6.26. The SMILES string of the molecule is CC(=O)Oc1ccc(N2C(=O)[C@@H]3[C@H](Cc4c[nH]c5ccccc45)N[C@@]4(C(=O)Nc5c(C)cc(C)cc54)[C@@H]3C2=O)cc1. The van der Waals surface area contributed by atoms with Crippen molar-refractivity contribution in [3.05, 3.63) is 89.1 Å². The van der Waals surface area contributed by atoms with Gasteiger partial charge in [-0.3, -0.25) is 24.5 Å². The third-order valence-electron chi connectivity index (χ3n) is 8.64. The van der Waals surface area contributed by atoms with Crippen molar-refractivity contribution >= 4 is 46.0 Å². The molecule has 2 fully saturated rings. The van der Waals surface area contributed by atoms with Crippen molar-refractivity contribution in [2.45, 2.75) is 38.8 Å². The molecular formula is C32H28N4O5. The number of para-hydroxylation sites is 1. The molecule has 0 bridgehead atoms. The number of aromatic amines is 1. The second kappa shape index (κ2) is 8.87. The van der Waals surface area contributed by atoms with E-state index < -0.39 is 35.3 Å². The van der Waals surface area contributed by atoms with Crippen LogP contribution in [0.4, 0.5) is 11.4 Å². The lowest BCUT2D eigenvalue weighted by Gasteiger charge is -2.30.